The number of carboxylic acid groups (broad SMARTS) is 1. The third-order valence-electron chi connectivity index (χ3n) is 21.4. The van der Waals surface area contributed by atoms with Crippen molar-refractivity contribution in [3.8, 4) is 69.0 Å². The molecule has 4 aliphatic rings. The Balaban J connectivity index is 0.000000209. The van der Waals surface area contributed by atoms with Crippen molar-refractivity contribution in [2.24, 2.45) is 17.8 Å². The van der Waals surface area contributed by atoms with Crippen LogP contribution in [-0.2, 0) is 19.3 Å². The van der Waals surface area contributed by atoms with E-state index in [0.717, 1.165) is 91.6 Å². The summed E-state index contributed by atoms with van der Waals surface area (Å²) in [5, 5.41) is 15.7. The maximum Gasteiger partial charge on any atom is 0.573 e. The lowest BCUT2D eigenvalue weighted by molar-refractivity contribution is -0.275. The van der Waals surface area contributed by atoms with Crippen molar-refractivity contribution in [2.45, 2.75) is 237 Å². The number of carbonyl (C=O) groups excluding carboxylic acids is 2. The number of carboxylic acids is 1. The lowest BCUT2D eigenvalue weighted by Crippen LogP contribution is -2.41. The highest BCUT2D eigenvalue weighted by Gasteiger charge is 2.40. The van der Waals surface area contributed by atoms with Crippen LogP contribution in [0.5, 0.6) is 69.0 Å². The Labute approximate surface area is 808 Å². The van der Waals surface area contributed by atoms with Gasteiger partial charge in [-0.05, 0) is 318 Å². The van der Waals surface area contributed by atoms with Crippen LogP contribution in [0.3, 0.4) is 0 Å². The van der Waals surface area contributed by atoms with E-state index in [0.29, 0.717) is 141 Å². The fraction of sp³-hybridized carbons (Fsp3) is 0.421. The molecule has 4 fully saturated rings. The minimum Gasteiger partial charge on any atom is -0.490 e. The fourth-order valence-corrected chi connectivity index (χ4v) is 17.3. The second-order valence-corrected chi connectivity index (χ2v) is 35.2. The largest absolute Gasteiger partial charge is 0.573 e. The number of carbonyl (C=O) groups is 3. The van der Waals surface area contributed by atoms with Crippen LogP contribution in [0.15, 0.2) is 170 Å². The second kappa shape index (κ2) is 49.3. The molecule has 3 N–H and O–H groups in total. The number of hydrogen-bond acceptors (Lipinski definition) is 19. The van der Waals surface area contributed by atoms with Gasteiger partial charge in [0.05, 0.1) is 35.5 Å². The van der Waals surface area contributed by atoms with Crippen LogP contribution in [0.1, 0.15) is 183 Å². The quantitative estimate of drug-likeness (QED) is 0.0195. The fourth-order valence-electron chi connectivity index (χ4n) is 15.9. The van der Waals surface area contributed by atoms with Crippen LogP contribution < -0.4 is 67.5 Å². The molecule has 45 heteroatoms. The first-order valence-corrected chi connectivity index (χ1v) is 44.6. The highest BCUT2D eigenvalue weighted by Crippen LogP contribution is 2.42. The van der Waals surface area contributed by atoms with Crippen molar-refractivity contribution >= 4 is 91.8 Å². The Morgan fingerprint density at radius 2 is 0.650 bits per heavy atom. The summed E-state index contributed by atoms with van der Waals surface area (Å²) in [5.41, 5.74) is 2.01. The van der Waals surface area contributed by atoms with E-state index >= 15 is 0 Å². The number of ketones is 2. The van der Waals surface area contributed by atoms with Crippen LogP contribution in [0.25, 0.3) is 0 Å². The monoisotopic (exact) mass is 2080 g/mol. The first kappa shape index (κ1) is 112. The summed E-state index contributed by atoms with van der Waals surface area (Å²) in [5.74, 6) is -3.74. The Kier molecular flexibility index (Phi) is 39.5. The number of halogens is 23. The maximum absolute atomic E-state index is 13.1. The molecule has 762 valence electrons. The highest BCUT2D eigenvalue weighted by molar-refractivity contribution is 7.81. The van der Waals surface area contributed by atoms with Gasteiger partial charge < -0.3 is 72.6 Å². The molecule has 12 rings (SSSR count). The van der Waals surface area contributed by atoms with E-state index in [1.54, 1.807) is 30.3 Å². The van der Waals surface area contributed by atoms with Gasteiger partial charge in [-0.2, -0.15) is 8.78 Å². The van der Waals surface area contributed by atoms with Gasteiger partial charge in [-0.25, -0.2) is 4.79 Å². The summed E-state index contributed by atoms with van der Waals surface area (Å²) in [6.07, 6.45) is -25.3. The number of nitrogens with one attached hydrogen (secondary N) is 2. The molecular formula is C95H91F23N2O16S4. The summed E-state index contributed by atoms with van der Waals surface area (Å²) in [4.78, 5) is 37.4. The SMILES string of the molecule is CC(=O)c1cc(OC(F)(F)F)ccc1OC1CCC(CC(=S)Cc2cccc(OC(F)(F)F)c2)C1.CC(=O)c1cc(OC2CCC(CC(=S)Cc3cccc(OC(F)(F)F)c3)CC2)ccc1OC(F)(F)F.CC(F)(F)Oc1cccc(NC(=S)NC2CCC(Oc3ccc(OC(F)(F)F)cc3C(=O)O)CC2)c1.Cc1cc(OC2CCC(CC(=S)Cc3cccc(OC(F)(F)F)c3)C2)ccc1OC(F)(F)F. The molecule has 8 aromatic rings. The molecule has 8 aromatic carbocycles. The molecule has 0 amide bonds. The predicted molar refractivity (Wildman–Crippen MR) is 480 cm³/mol. The van der Waals surface area contributed by atoms with Crippen molar-refractivity contribution in [2.75, 3.05) is 5.32 Å². The molecule has 0 heterocycles. The molecule has 4 atom stereocenters. The average Bonchev–Trinajstić information content (AvgIpc) is 1.17. The standard InChI is InChI=1S/C25H24F6O4S.C24H22F6O4S.C23H22F6O3S.C23H23F5N2O5S/c1-15(32)22-14-19(9-10-23(22)35-25(29,30)31)33-18-7-5-16(6-8-18)12-21(36)13-17-3-2-4-20(11-17)34-24(26,27)28;1-14(31)21-13-19(34-24(28,29)30)7-8-22(21)32-17-6-5-16(9-17)12-20(35)11-15-3-2-4-18(10-15)33-23(25,26)27;1-14-9-17(7-8-21(14)32-23(27,28)29)30-18-6-5-16(10-18)13-20(33)12-15-3-2-4-19(11-15)31-22(24,25)26;1-22(24,25)34-16-4-2-3-14(11-16)30-21(36)29-13-5-7-15(8-6-13)33-19-10-9-17(35-23(26,27)28)12-18(19)20(31)32/h2-4,9-11,14,16,18H,5-8,12-13H2,1H3;2-4,7-8,10,13,16-17H,5-6,9,11-12H2,1H3;2-4,7-9,11,16,18H,5-6,10,12-13H2,1H3;2-4,9-13,15H,5-8H2,1H3,(H,31,32)(H2,29,30,36). The molecule has 0 spiro atoms. The zero-order valence-electron chi connectivity index (χ0n) is 74.3. The van der Waals surface area contributed by atoms with Gasteiger partial charge in [0.25, 0.3) is 0 Å². The van der Waals surface area contributed by atoms with Crippen LogP contribution >= 0.6 is 48.9 Å². The smallest absolute Gasteiger partial charge is 0.490 e. The Bertz CT molecular complexity index is 5540. The molecule has 0 radical (unpaired) electrons. The summed E-state index contributed by atoms with van der Waals surface area (Å²) < 4.78 is 343. The molecule has 0 bridgehead atoms. The molecule has 18 nitrogen and oxygen atoms in total. The van der Waals surface area contributed by atoms with Crippen molar-refractivity contribution in [1.29, 1.82) is 0 Å². The van der Waals surface area contributed by atoms with E-state index in [4.69, 9.17) is 67.8 Å². The van der Waals surface area contributed by atoms with Gasteiger partial charge in [-0.1, -0.05) is 79.1 Å². The Hall–Kier alpha value is -11.5. The van der Waals surface area contributed by atoms with Crippen molar-refractivity contribution in [1.82, 2.24) is 5.32 Å². The lowest BCUT2D eigenvalue weighted by atomic mass is 9.84. The zero-order chi connectivity index (χ0) is 103. The molecule has 0 saturated heterocycles. The number of ether oxygens (including phenoxy) is 12. The second-order valence-electron chi connectivity index (χ2n) is 33.1. The van der Waals surface area contributed by atoms with Gasteiger partial charge in [0.15, 0.2) is 16.7 Å². The predicted octanol–water partition coefficient (Wildman–Crippen LogP) is 28.2. The van der Waals surface area contributed by atoms with Crippen LogP contribution in [0, 0.1) is 24.7 Å². The van der Waals surface area contributed by atoms with Crippen molar-refractivity contribution in [3.63, 3.8) is 0 Å². The van der Waals surface area contributed by atoms with Gasteiger partial charge in [0.1, 0.15) is 74.6 Å². The topological polar surface area (TPSA) is 206 Å². The third-order valence-corrected chi connectivity index (χ3v) is 22.6. The first-order chi connectivity index (χ1) is 65.2. The molecule has 140 heavy (non-hydrogen) atoms. The number of anilines is 1. The Morgan fingerprint density at radius 1 is 0.336 bits per heavy atom. The maximum atomic E-state index is 13.1. The van der Waals surface area contributed by atoms with E-state index in [1.807, 2.05) is 0 Å². The molecule has 4 saturated carbocycles. The van der Waals surface area contributed by atoms with E-state index < -0.39 is 91.0 Å². The van der Waals surface area contributed by atoms with Gasteiger partial charge >= 0.3 is 56.6 Å². The Morgan fingerprint density at radius 3 is 1.07 bits per heavy atom. The number of Topliss-reactive ketones (excluding diaryl/α,β-unsaturated/α-hetero) is 2. The number of hydrogen-bond donors (Lipinski definition) is 3. The molecular weight excluding hydrogens is 1990 g/mol. The van der Waals surface area contributed by atoms with E-state index in [2.05, 4.69) is 48.5 Å². The van der Waals surface area contributed by atoms with Gasteiger partial charge in [0, 0.05) is 44.0 Å². The average molecular weight is 2080 g/mol. The summed E-state index contributed by atoms with van der Waals surface area (Å²) in [6, 6.07) is 37.2. The number of alkyl halides is 23. The summed E-state index contributed by atoms with van der Waals surface area (Å²) >= 11 is 21.7. The van der Waals surface area contributed by atoms with Crippen molar-refractivity contribution in [3.05, 3.63) is 209 Å². The van der Waals surface area contributed by atoms with Crippen LogP contribution in [0.4, 0.5) is 107 Å². The minimum absolute atomic E-state index is 0.00771. The number of thiocarbonyl (C=S) groups is 4. The number of benzene rings is 8. The van der Waals surface area contributed by atoms with E-state index in [9.17, 15) is 120 Å². The van der Waals surface area contributed by atoms with E-state index in [-0.39, 0.29) is 105 Å². The van der Waals surface area contributed by atoms with Gasteiger partial charge in [-0.3, -0.25) is 9.59 Å². The number of aromatic carboxylic acids is 1. The molecule has 4 aliphatic carbocycles. The van der Waals surface area contributed by atoms with E-state index in [1.165, 1.54) is 117 Å². The van der Waals surface area contributed by atoms with Crippen LogP contribution in [-0.4, -0.2) is 123 Å². The van der Waals surface area contributed by atoms with Gasteiger partial charge in [-0.15, -0.1) is 92.2 Å². The minimum atomic E-state index is -4.94. The normalized spacial score (nSPS) is 18.4. The molecule has 0 aliphatic heterocycles. The molecule has 4 unspecified atom stereocenters. The lowest BCUT2D eigenvalue weighted by Gasteiger charge is -2.30. The number of rotatable bonds is 34. The van der Waals surface area contributed by atoms with Crippen LogP contribution in [0.2, 0.25) is 0 Å². The van der Waals surface area contributed by atoms with Crippen molar-refractivity contribution < 1.29 is 177 Å². The highest BCUT2D eigenvalue weighted by atomic mass is 32.1. The summed E-state index contributed by atoms with van der Waals surface area (Å²) in [6.45, 7) is 4.53. The third kappa shape index (κ3) is 41.7. The molecule has 0 aromatic heterocycles. The zero-order valence-corrected chi connectivity index (χ0v) is 77.6. The number of aryl methyl sites for hydroxylation is 1. The summed E-state index contributed by atoms with van der Waals surface area (Å²) in [7, 11) is 0. The van der Waals surface area contributed by atoms with Gasteiger partial charge in [0.2, 0.25) is 0 Å². The first-order valence-electron chi connectivity index (χ1n) is 43.0.